The molecule has 9 heteroatoms. The second-order valence-corrected chi connectivity index (χ2v) is 5.73. The first-order valence-corrected chi connectivity index (χ1v) is 8.14. The smallest absolute Gasteiger partial charge is 0.258 e. The highest BCUT2D eigenvalue weighted by Gasteiger charge is 2.11. The minimum absolute atomic E-state index is 0.244. The van der Waals surface area contributed by atoms with Gasteiger partial charge < -0.3 is 24.9 Å². The first-order valence-electron chi connectivity index (χ1n) is 7.15. The quantitative estimate of drug-likeness (QED) is 0.436. The van der Waals surface area contributed by atoms with Gasteiger partial charge in [-0.05, 0) is 6.07 Å². The third kappa shape index (κ3) is 4.39. The van der Waals surface area contributed by atoms with Gasteiger partial charge in [0.05, 0.1) is 44.0 Å². The zero-order valence-corrected chi connectivity index (χ0v) is 14.6. The van der Waals surface area contributed by atoms with Crippen LogP contribution in [0, 0.1) is 0 Å². The summed E-state index contributed by atoms with van der Waals surface area (Å²) in [5.41, 5.74) is 6.08. The summed E-state index contributed by atoms with van der Waals surface area (Å²) in [5.74, 6) is 1.91. The van der Waals surface area contributed by atoms with Gasteiger partial charge in [0, 0.05) is 13.2 Å². The summed E-state index contributed by atoms with van der Waals surface area (Å²) in [4.78, 5) is 23.6. The number of thioether (sulfide) groups is 1. The second-order valence-electron chi connectivity index (χ2n) is 4.74. The Morgan fingerprint density at radius 3 is 2.67 bits per heavy atom. The molecule has 0 spiro atoms. The van der Waals surface area contributed by atoms with E-state index >= 15 is 0 Å². The molecule has 0 aliphatic heterocycles. The van der Waals surface area contributed by atoms with Crippen molar-refractivity contribution < 1.29 is 14.2 Å². The molecule has 1 aromatic heterocycles. The van der Waals surface area contributed by atoms with E-state index in [9.17, 15) is 4.79 Å². The van der Waals surface area contributed by atoms with Gasteiger partial charge in [0.1, 0.15) is 5.82 Å². The number of fused-ring (bicyclic) bond motifs is 1. The number of ether oxygens (including phenoxy) is 3. The van der Waals surface area contributed by atoms with E-state index < -0.39 is 0 Å². The monoisotopic (exact) mass is 352 g/mol. The molecule has 3 N–H and O–H groups in total. The van der Waals surface area contributed by atoms with Crippen LogP contribution in [0.2, 0.25) is 0 Å². The van der Waals surface area contributed by atoms with Crippen molar-refractivity contribution in [2.75, 3.05) is 34.5 Å². The van der Waals surface area contributed by atoms with Crippen molar-refractivity contribution in [2.45, 2.75) is 5.75 Å². The number of rotatable bonds is 7. The topological polar surface area (TPSA) is 112 Å². The fourth-order valence-corrected chi connectivity index (χ4v) is 2.62. The molecule has 0 bridgehead atoms. The van der Waals surface area contributed by atoms with Crippen LogP contribution in [0.5, 0.6) is 11.5 Å². The van der Waals surface area contributed by atoms with Gasteiger partial charge >= 0.3 is 0 Å². The second kappa shape index (κ2) is 8.55. The molecule has 0 amide bonds. The van der Waals surface area contributed by atoms with Crippen LogP contribution >= 0.6 is 11.8 Å². The standard InChI is InChI=1S/C15H20N4O4S/c1-21-5-4-17-15(16)24-8-13-18-10-7-12(23-3)11(22-2)6-9(10)14(20)19-13/h6-7H,4-5,8H2,1-3H3,(H2,16,17)(H,18,19,20). The number of amidine groups is 1. The molecule has 0 aliphatic rings. The average Bonchev–Trinajstić information content (AvgIpc) is 2.59. The number of methoxy groups -OCH3 is 3. The van der Waals surface area contributed by atoms with Crippen molar-refractivity contribution in [3.63, 3.8) is 0 Å². The van der Waals surface area contributed by atoms with Gasteiger partial charge in [-0.25, -0.2) is 4.98 Å². The molecule has 24 heavy (non-hydrogen) atoms. The highest BCUT2D eigenvalue weighted by molar-refractivity contribution is 8.13. The number of H-pyrrole nitrogens is 1. The predicted molar refractivity (Wildman–Crippen MR) is 95.1 cm³/mol. The lowest BCUT2D eigenvalue weighted by Gasteiger charge is -2.09. The van der Waals surface area contributed by atoms with E-state index in [0.29, 0.717) is 52.3 Å². The molecular weight excluding hydrogens is 332 g/mol. The van der Waals surface area contributed by atoms with Crippen molar-refractivity contribution in [3.8, 4) is 11.5 Å². The highest BCUT2D eigenvalue weighted by atomic mass is 32.2. The SMILES string of the molecule is COCCN=C(N)SCc1nc2cc(OC)c(OC)cc2c(=O)[nH]1. The molecule has 1 heterocycles. The van der Waals surface area contributed by atoms with Gasteiger partial charge in [-0.1, -0.05) is 11.8 Å². The zero-order valence-electron chi connectivity index (χ0n) is 13.8. The van der Waals surface area contributed by atoms with Crippen molar-refractivity contribution in [1.82, 2.24) is 9.97 Å². The largest absolute Gasteiger partial charge is 0.493 e. The Kier molecular flexibility index (Phi) is 6.44. The number of nitrogens with zero attached hydrogens (tertiary/aromatic N) is 2. The van der Waals surface area contributed by atoms with Crippen molar-refractivity contribution in [1.29, 1.82) is 0 Å². The average molecular weight is 352 g/mol. The van der Waals surface area contributed by atoms with Crippen LogP contribution in [0.25, 0.3) is 10.9 Å². The van der Waals surface area contributed by atoms with Crippen LogP contribution < -0.4 is 20.8 Å². The molecule has 0 saturated carbocycles. The third-order valence-corrected chi connectivity index (χ3v) is 4.02. The maximum atomic E-state index is 12.2. The van der Waals surface area contributed by atoms with Crippen molar-refractivity contribution in [3.05, 3.63) is 28.3 Å². The molecule has 1 aromatic carbocycles. The van der Waals surface area contributed by atoms with Crippen LogP contribution in [0.4, 0.5) is 0 Å². The maximum Gasteiger partial charge on any atom is 0.258 e. The Hall–Kier alpha value is -2.26. The predicted octanol–water partition coefficient (Wildman–Crippen LogP) is 1.13. The van der Waals surface area contributed by atoms with Gasteiger partial charge in [-0.15, -0.1) is 0 Å². The van der Waals surface area contributed by atoms with E-state index in [4.69, 9.17) is 19.9 Å². The Bertz CT molecular complexity index is 791. The first kappa shape index (κ1) is 18.1. The summed E-state index contributed by atoms with van der Waals surface area (Å²) < 4.78 is 15.4. The zero-order chi connectivity index (χ0) is 17.5. The van der Waals surface area contributed by atoms with Gasteiger partial charge in [0.25, 0.3) is 5.56 Å². The fourth-order valence-electron chi connectivity index (χ4n) is 2.02. The number of benzene rings is 1. The maximum absolute atomic E-state index is 12.2. The lowest BCUT2D eigenvalue weighted by atomic mass is 10.2. The lowest BCUT2D eigenvalue weighted by molar-refractivity contribution is 0.208. The normalized spacial score (nSPS) is 11.7. The van der Waals surface area contributed by atoms with Crippen LogP contribution in [0.15, 0.2) is 21.9 Å². The molecule has 0 saturated heterocycles. The minimum atomic E-state index is -0.244. The van der Waals surface area contributed by atoms with Crippen LogP contribution in [-0.4, -0.2) is 49.6 Å². The molecule has 0 aliphatic carbocycles. The molecule has 0 atom stereocenters. The van der Waals surface area contributed by atoms with E-state index in [2.05, 4.69) is 15.0 Å². The van der Waals surface area contributed by atoms with Crippen molar-refractivity contribution in [2.24, 2.45) is 10.7 Å². The van der Waals surface area contributed by atoms with E-state index in [1.165, 1.54) is 26.0 Å². The third-order valence-electron chi connectivity index (χ3n) is 3.18. The summed E-state index contributed by atoms with van der Waals surface area (Å²) >= 11 is 1.30. The van der Waals surface area contributed by atoms with E-state index in [1.54, 1.807) is 19.2 Å². The minimum Gasteiger partial charge on any atom is -0.493 e. The number of nitrogens with two attached hydrogens (primary N) is 1. The molecule has 0 radical (unpaired) electrons. The van der Waals surface area contributed by atoms with Crippen LogP contribution in [-0.2, 0) is 10.5 Å². The summed E-state index contributed by atoms with van der Waals surface area (Å²) in [6.07, 6.45) is 0. The molecular formula is C15H20N4O4S. The van der Waals surface area contributed by atoms with Crippen LogP contribution in [0.1, 0.15) is 5.82 Å². The Balaban J connectivity index is 2.23. The van der Waals surface area contributed by atoms with E-state index in [1.807, 2.05) is 0 Å². The molecule has 2 rings (SSSR count). The number of hydrogen-bond donors (Lipinski definition) is 2. The summed E-state index contributed by atoms with van der Waals surface area (Å²) in [6, 6.07) is 3.28. The Morgan fingerprint density at radius 1 is 1.29 bits per heavy atom. The summed E-state index contributed by atoms with van der Waals surface area (Å²) in [5, 5.41) is 0.852. The number of aromatic amines is 1. The van der Waals surface area contributed by atoms with Crippen LogP contribution in [0.3, 0.4) is 0 Å². The number of aliphatic imine (C=N–C) groups is 1. The van der Waals surface area contributed by atoms with E-state index in [-0.39, 0.29) is 5.56 Å². The summed E-state index contributed by atoms with van der Waals surface area (Å²) in [7, 11) is 4.65. The Morgan fingerprint density at radius 2 is 2.00 bits per heavy atom. The molecule has 8 nitrogen and oxygen atoms in total. The van der Waals surface area contributed by atoms with Gasteiger partial charge in [0.2, 0.25) is 0 Å². The number of nitrogens with one attached hydrogen (secondary N) is 1. The fraction of sp³-hybridized carbons (Fsp3) is 0.400. The molecule has 0 unspecified atom stereocenters. The van der Waals surface area contributed by atoms with Crippen molar-refractivity contribution >= 4 is 27.8 Å². The molecule has 130 valence electrons. The van der Waals surface area contributed by atoms with Gasteiger partial charge in [-0.3, -0.25) is 9.79 Å². The summed E-state index contributed by atoms with van der Waals surface area (Å²) in [6.45, 7) is 1.00. The molecule has 2 aromatic rings. The van der Waals surface area contributed by atoms with E-state index in [0.717, 1.165) is 0 Å². The lowest BCUT2D eigenvalue weighted by Crippen LogP contribution is -2.14. The van der Waals surface area contributed by atoms with Gasteiger partial charge in [0.15, 0.2) is 16.7 Å². The van der Waals surface area contributed by atoms with Gasteiger partial charge in [-0.2, -0.15) is 0 Å². The first-order chi connectivity index (χ1) is 11.6. The number of aromatic nitrogens is 2. The Labute approximate surface area is 143 Å². The number of hydrogen-bond acceptors (Lipinski definition) is 7. The molecule has 0 fully saturated rings. The highest BCUT2D eigenvalue weighted by Crippen LogP contribution is 2.30.